The first kappa shape index (κ1) is 11.7. The van der Waals surface area contributed by atoms with Crippen LogP contribution in [0.3, 0.4) is 0 Å². The molecule has 0 spiro atoms. The van der Waals surface area contributed by atoms with Gasteiger partial charge in [0.25, 0.3) is 0 Å². The van der Waals surface area contributed by atoms with Crippen LogP contribution in [0.1, 0.15) is 13.3 Å². The lowest BCUT2D eigenvalue weighted by molar-refractivity contribution is -0.144. The van der Waals surface area contributed by atoms with E-state index in [1.54, 1.807) is 14.0 Å². The highest BCUT2D eigenvalue weighted by Crippen LogP contribution is 1.88. The number of hydrogen-bond acceptors (Lipinski definition) is 3. The van der Waals surface area contributed by atoms with Gasteiger partial charge in [-0.25, -0.2) is 0 Å². The number of rotatable bonds is 5. The highest BCUT2D eigenvalue weighted by Gasteiger charge is 2.04. The lowest BCUT2D eigenvalue weighted by Gasteiger charge is -2.14. The predicted molar refractivity (Wildman–Crippen MR) is 49.1 cm³/mol. The Hall–Kier alpha value is -1.32. The van der Waals surface area contributed by atoms with Crippen molar-refractivity contribution in [1.29, 1.82) is 0 Å². The van der Waals surface area contributed by atoms with Gasteiger partial charge >= 0.3 is 5.97 Å². The van der Waals surface area contributed by atoms with Crippen molar-refractivity contribution < 1.29 is 14.3 Å². The Balaban J connectivity index is 3.58. The molecule has 0 aliphatic carbocycles. The molecule has 0 aliphatic rings. The second kappa shape index (κ2) is 6.22. The van der Waals surface area contributed by atoms with E-state index in [1.807, 2.05) is 0 Å². The summed E-state index contributed by atoms with van der Waals surface area (Å²) in [6.07, 6.45) is 1.58. The van der Waals surface area contributed by atoms with Crippen molar-refractivity contribution in [2.75, 3.05) is 20.2 Å². The van der Waals surface area contributed by atoms with E-state index >= 15 is 0 Å². The van der Waals surface area contributed by atoms with E-state index in [1.165, 1.54) is 11.0 Å². The Kier molecular flexibility index (Phi) is 5.59. The fourth-order valence-electron chi connectivity index (χ4n) is 0.665. The average Bonchev–Trinajstić information content (AvgIpc) is 2.15. The van der Waals surface area contributed by atoms with Gasteiger partial charge in [-0.3, -0.25) is 9.59 Å². The first-order valence-electron chi connectivity index (χ1n) is 4.15. The predicted octanol–water partition coefficient (Wildman–Crippen LogP) is 0.584. The molecule has 13 heavy (non-hydrogen) atoms. The number of ether oxygens (including phenoxy) is 1. The summed E-state index contributed by atoms with van der Waals surface area (Å²) >= 11 is 0. The molecule has 0 rings (SSSR count). The summed E-state index contributed by atoms with van der Waals surface area (Å²) in [5.74, 6) is -0.424. The molecule has 0 bridgehead atoms. The molecule has 0 N–H and O–H groups in total. The third-order valence-corrected chi connectivity index (χ3v) is 1.53. The molecule has 0 aromatic carbocycles. The van der Waals surface area contributed by atoms with Gasteiger partial charge in [0.1, 0.15) is 6.61 Å². The highest BCUT2D eigenvalue weighted by molar-refractivity contribution is 5.86. The van der Waals surface area contributed by atoms with Crippen LogP contribution in [-0.2, 0) is 14.3 Å². The summed E-state index contributed by atoms with van der Waals surface area (Å²) in [5, 5.41) is 0. The SMILES string of the molecule is C=CC(=O)N(C)CCOC(=O)CC. The van der Waals surface area contributed by atoms with Crippen LogP contribution in [0.15, 0.2) is 12.7 Å². The molecule has 4 heteroatoms. The van der Waals surface area contributed by atoms with Crippen LogP contribution in [0.5, 0.6) is 0 Å². The first-order valence-corrected chi connectivity index (χ1v) is 4.15. The van der Waals surface area contributed by atoms with Gasteiger partial charge in [0.15, 0.2) is 0 Å². The Morgan fingerprint density at radius 2 is 2.15 bits per heavy atom. The lowest BCUT2D eigenvalue weighted by atomic mass is 10.5. The van der Waals surface area contributed by atoms with Crippen molar-refractivity contribution >= 4 is 11.9 Å². The average molecular weight is 185 g/mol. The fourth-order valence-corrected chi connectivity index (χ4v) is 0.665. The Bertz CT molecular complexity index is 201. The van der Waals surface area contributed by atoms with Gasteiger partial charge in [-0.15, -0.1) is 0 Å². The molecule has 0 radical (unpaired) electrons. The van der Waals surface area contributed by atoms with Crippen molar-refractivity contribution in [2.24, 2.45) is 0 Å². The third kappa shape index (κ3) is 5.00. The molecule has 1 amide bonds. The first-order chi connectivity index (χ1) is 6.11. The van der Waals surface area contributed by atoms with E-state index in [0.717, 1.165) is 0 Å². The van der Waals surface area contributed by atoms with Crippen LogP contribution < -0.4 is 0 Å². The minimum atomic E-state index is -0.251. The molecule has 0 heterocycles. The highest BCUT2D eigenvalue weighted by atomic mass is 16.5. The van der Waals surface area contributed by atoms with E-state index in [-0.39, 0.29) is 18.5 Å². The van der Waals surface area contributed by atoms with Gasteiger partial charge in [0, 0.05) is 13.5 Å². The van der Waals surface area contributed by atoms with Crippen molar-refractivity contribution in [1.82, 2.24) is 4.90 Å². The molecule has 0 saturated carbocycles. The Morgan fingerprint density at radius 3 is 2.62 bits per heavy atom. The van der Waals surface area contributed by atoms with Crippen LogP contribution in [0.25, 0.3) is 0 Å². The number of likely N-dealkylation sites (N-methyl/N-ethyl adjacent to an activating group) is 1. The zero-order valence-electron chi connectivity index (χ0n) is 8.08. The molecule has 0 atom stereocenters. The molecule has 0 fully saturated rings. The zero-order valence-corrected chi connectivity index (χ0v) is 8.08. The molecule has 74 valence electrons. The van der Waals surface area contributed by atoms with Gasteiger partial charge in [-0.05, 0) is 6.08 Å². The third-order valence-electron chi connectivity index (χ3n) is 1.53. The maximum Gasteiger partial charge on any atom is 0.305 e. The van der Waals surface area contributed by atoms with Crippen molar-refractivity contribution in [2.45, 2.75) is 13.3 Å². The fraction of sp³-hybridized carbons (Fsp3) is 0.556. The largest absolute Gasteiger partial charge is 0.464 e. The summed E-state index contributed by atoms with van der Waals surface area (Å²) < 4.78 is 4.79. The van der Waals surface area contributed by atoms with E-state index in [4.69, 9.17) is 4.74 Å². The van der Waals surface area contributed by atoms with Crippen LogP contribution >= 0.6 is 0 Å². The smallest absolute Gasteiger partial charge is 0.305 e. The van der Waals surface area contributed by atoms with Gasteiger partial charge in [-0.1, -0.05) is 13.5 Å². The normalized spacial score (nSPS) is 9.08. The van der Waals surface area contributed by atoms with Crippen molar-refractivity contribution in [3.63, 3.8) is 0 Å². The number of carbonyl (C=O) groups excluding carboxylic acids is 2. The summed E-state index contributed by atoms with van der Waals surface area (Å²) in [5.41, 5.74) is 0. The number of hydrogen-bond donors (Lipinski definition) is 0. The summed E-state index contributed by atoms with van der Waals surface area (Å²) in [7, 11) is 1.63. The van der Waals surface area contributed by atoms with Gasteiger partial charge in [-0.2, -0.15) is 0 Å². The van der Waals surface area contributed by atoms with Gasteiger partial charge in [0.05, 0.1) is 6.54 Å². The van der Waals surface area contributed by atoms with Crippen molar-refractivity contribution in [3.05, 3.63) is 12.7 Å². The van der Waals surface area contributed by atoms with E-state index in [2.05, 4.69) is 6.58 Å². The molecule has 4 nitrogen and oxygen atoms in total. The van der Waals surface area contributed by atoms with Crippen LogP contribution in [0.2, 0.25) is 0 Å². The molecule has 0 saturated heterocycles. The van der Waals surface area contributed by atoms with Crippen molar-refractivity contribution in [3.8, 4) is 0 Å². The quantitative estimate of drug-likeness (QED) is 0.465. The number of amides is 1. The molecular weight excluding hydrogens is 170 g/mol. The van der Waals surface area contributed by atoms with E-state index in [9.17, 15) is 9.59 Å². The topological polar surface area (TPSA) is 46.6 Å². The molecular formula is C9H15NO3. The summed E-state index contributed by atoms with van der Waals surface area (Å²) in [6.45, 7) is 5.70. The molecule has 0 aromatic heterocycles. The van der Waals surface area contributed by atoms with Crippen LogP contribution in [0.4, 0.5) is 0 Å². The minimum absolute atomic E-state index is 0.174. The second-order valence-electron chi connectivity index (χ2n) is 2.54. The van der Waals surface area contributed by atoms with Gasteiger partial charge < -0.3 is 9.64 Å². The van der Waals surface area contributed by atoms with E-state index in [0.29, 0.717) is 13.0 Å². The maximum atomic E-state index is 10.9. The molecule has 0 unspecified atom stereocenters. The van der Waals surface area contributed by atoms with Crippen LogP contribution in [0, 0.1) is 0 Å². The number of nitrogens with zero attached hydrogens (tertiary/aromatic N) is 1. The lowest BCUT2D eigenvalue weighted by Crippen LogP contribution is -2.29. The second-order valence-corrected chi connectivity index (χ2v) is 2.54. The minimum Gasteiger partial charge on any atom is -0.464 e. The Labute approximate surface area is 78.2 Å². The molecule has 0 aliphatic heterocycles. The standard InChI is InChI=1S/C9H15NO3/c1-4-8(11)10(3)6-7-13-9(12)5-2/h4H,1,5-7H2,2-3H3. The zero-order chi connectivity index (χ0) is 10.3. The van der Waals surface area contributed by atoms with Crippen LogP contribution in [-0.4, -0.2) is 37.0 Å². The summed E-state index contributed by atoms with van der Waals surface area (Å²) in [6, 6.07) is 0. The molecule has 0 aromatic rings. The maximum absolute atomic E-state index is 10.9. The Morgan fingerprint density at radius 1 is 1.54 bits per heavy atom. The monoisotopic (exact) mass is 185 g/mol. The number of esters is 1. The number of carbonyl (C=O) groups is 2. The van der Waals surface area contributed by atoms with Gasteiger partial charge in [0.2, 0.25) is 5.91 Å². The summed E-state index contributed by atoms with van der Waals surface area (Å²) in [4.78, 5) is 23.1. The van der Waals surface area contributed by atoms with E-state index < -0.39 is 0 Å².